The maximum atomic E-state index is 9.75. The van der Waals surface area contributed by atoms with Crippen LogP contribution >= 0.6 is 31.9 Å². The lowest BCUT2D eigenvalue weighted by atomic mass is 9.96. The Balaban J connectivity index is 3.20. The van der Waals surface area contributed by atoms with Gasteiger partial charge in [0.1, 0.15) is 5.75 Å². The van der Waals surface area contributed by atoms with Crippen LogP contribution in [0.2, 0.25) is 0 Å². The molecule has 0 amide bonds. The summed E-state index contributed by atoms with van der Waals surface area (Å²) in [5.41, 5.74) is 6.75. The Kier molecular flexibility index (Phi) is 3.98. The Hall–Kier alpha value is -0.0600. The Labute approximate surface area is 101 Å². The summed E-state index contributed by atoms with van der Waals surface area (Å²) in [6.07, 6.45) is 0. The number of benzene rings is 1. The second-order valence-electron chi connectivity index (χ2n) is 3.59. The lowest BCUT2D eigenvalue weighted by molar-refractivity contribution is 0.438. The van der Waals surface area contributed by atoms with E-state index in [1.807, 2.05) is 19.9 Å². The van der Waals surface area contributed by atoms with Crippen LogP contribution in [-0.2, 0) is 0 Å². The quantitative estimate of drug-likeness (QED) is 0.874. The molecule has 1 aromatic carbocycles. The Morgan fingerprint density at radius 2 is 1.86 bits per heavy atom. The molecule has 0 bridgehead atoms. The smallest absolute Gasteiger partial charge is 0.122 e. The van der Waals surface area contributed by atoms with Crippen LogP contribution in [0.5, 0.6) is 5.75 Å². The van der Waals surface area contributed by atoms with Crippen LogP contribution in [0, 0.1) is 5.92 Å². The minimum atomic E-state index is -0.155. The molecule has 0 heterocycles. The van der Waals surface area contributed by atoms with Gasteiger partial charge in [-0.3, -0.25) is 0 Å². The van der Waals surface area contributed by atoms with E-state index >= 15 is 0 Å². The SMILES string of the molecule is CC(C)C(N)c1c(O)cc(Br)cc1Br. The molecule has 0 aliphatic rings. The molecular weight excluding hydrogens is 310 g/mol. The second-order valence-corrected chi connectivity index (χ2v) is 5.36. The van der Waals surface area contributed by atoms with Gasteiger partial charge < -0.3 is 10.8 Å². The fourth-order valence-corrected chi connectivity index (χ4v) is 2.70. The first-order chi connectivity index (χ1) is 6.43. The molecule has 1 aromatic rings. The maximum absolute atomic E-state index is 9.75. The molecule has 3 N–H and O–H groups in total. The van der Waals surface area contributed by atoms with Gasteiger partial charge in [-0.1, -0.05) is 45.7 Å². The van der Waals surface area contributed by atoms with Crippen LogP contribution in [0.25, 0.3) is 0 Å². The lowest BCUT2D eigenvalue weighted by Crippen LogP contribution is -2.17. The van der Waals surface area contributed by atoms with Gasteiger partial charge in [0.05, 0.1) is 0 Å². The topological polar surface area (TPSA) is 46.2 Å². The molecule has 4 heteroatoms. The maximum Gasteiger partial charge on any atom is 0.122 e. The van der Waals surface area contributed by atoms with Crippen molar-refractivity contribution in [1.82, 2.24) is 0 Å². The average molecular weight is 323 g/mol. The first-order valence-corrected chi connectivity index (χ1v) is 5.95. The predicted molar refractivity (Wildman–Crippen MR) is 65.3 cm³/mol. The summed E-state index contributed by atoms with van der Waals surface area (Å²) in [7, 11) is 0. The molecule has 0 radical (unpaired) electrons. The molecule has 1 rings (SSSR count). The molecule has 0 aliphatic heterocycles. The number of phenols is 1. The van der Waals surface area contributed by atoms with E-state index in [4.69, 9.17) is 5.73 Å². The molecule has 1 atom stereocenters. The highest BCUT2D eigenvalue weighted by Gasteiger charge is 2.18. The number of aromatic hydroxyl groups is 1. The number of halogens is 2. The molecular formula is C10H13Br2NO. The summed E-state index contributed by atoms with van der Waals surface area (Å²) in [4.78, 5) is 0. The zero-order valence-electron chi connectivity index (χ0n) is 8.09. The zero-order valence-corrected chi connectivity index (χ0v) is 11.3. The molecule has 0 spiro atoms. The van der Waals surface area contributed by atoms with Crippen molar-refractivity contribution in [3.05, 3.63) is 26.6 Å². The van der Waals surface area contributed by atoms with E-state index in [-0.39, 0.29) is 11.8 Å². The third-order valence-electron chi connectivity index (χ3n) is 2.12. The Morgan fingerprint density at radius 1 is 1.29 bits per heavy atom. The van der Waals surface area contributed by atoms with Gasteiger partial charge in [0.2, 0.25) is 0 Å². The number of phenolic OH excluding ortho intramolecular Hbond substituents is 1. The molecule has 0 fully saturated rings. The molecule has 14 heavy (non-hydrogen) atoms. The summed E-state index contributed by atoms with van der Waals surface area (Å²) in [5.74, 6) is 0.519. The van der Waals surface area contributed by atoms with Gasteiger partial charge in [-0.2, -0.15) is 0 Å². The normalized spacial score (nSPS) is 13.3. The van der Waals surface area contributed by atoms with E-state index in [0.29, 0.717) is 5.92 Å². The molecule has 2 nitrogen and oxygen atoms in total. The van der Waals surface area contributed by atoms with E-state index in [9.17, 15) is 5.11 Å². The van der Waals surface area contributed by atoms with E-state index in [1.165, 1.54) is 0 Å². The van der Waals surface area contributed by atoms with Gasteiger partial charge in [0.15, 0.2) is 0 Å². The van der Waals surface area contributed by atoms with Crippen LogP contribution in [0.4, 0.5) is 0 Å². The van der Waals surface area contributed by atoms with Crippen molar-refractivity contribution in [3.8, 4) is 5.75 Å². The molecule has 0 aromatic heterocycles. The first kappa shape index (κ1) is 12.0. The van der Waals surface area contributed by atoms with Crippen LogP contribution in [0.15, 0.2) is 21.1 Å². The molecule has 78 valence electrons. The van der Waals surface area contributed by atoms with Crippen LogP contribution in [0.3, 0.4) is 0 Å². The zero-order chi connectivity index (χ0) is 10.9. The number of hydrogen-bond acceptors (Lipinski definition) is 2. The largest absolute Gasteiger partial charge is 0.508 e. The minimum Gasteiger partial charge on any atom is -0.508 e. The fourth-order valence-electron chi connectivity index (χ4n) is 1.23. The lowest BCUT2D eigenvalue weighted by Gasteiger charge is -2.19. The minimum absolute atomic E-state index is 0.155. The third kappa shape index (κ3) is 2.49. The van der Waals surface area contributed by atoms with Crippen molar-refractivity contribution < 1.29 is 5.11 Å². The van der Waals surface area contributed by atoms with Crippen molar-refractivity contribution in [2.45, 2.75) is 19.9 Å². The highest BCUT2D eigenvalue weighted by atomic mass is 79.9. The van der Waals surface area contributed by atoms with Crippen molar-refractivity contribution >= 4 is 31.9 Å². The highest BCUT2D eigenvalue weighted by Crippen LogP contribution is 2.36. The van der Waals surface area contributed by atoms with Gasteiger partial charge in [0, 0.05) is 20.6 Å². The van der Waals surface area contributed by atoms with Crippen LogP contribution < -0.4 is 5.73 Å². The molecule has 0 aliphatic carbocycles. The summed E-state index contributed by atoms with van der Waals surface area (Å²) in [6.45, 7) is 4.05. The van der Waals surface area contributed by atoms with Crippen LogP contribution in [0.1, 0.15) is 25.5 Å². The number of nitrogens with two attached hydrogens (primary N) is 1. The Bertz CT molecular complexity index is 316. The van der Waals surface area contributed by atoms with Gasteiger partial charge in [-0.15, -0.1) is 0 Å². The van der Waals surface area contributed by atoms with Gasteiger partial charge >= 0.3 is 0 Å². The van der Waals surface area contributed by atoms with E-state index in [1.54, 1.807) is 6.07 Å². The van der Waals surface area contributed by atoms with E-state index in [2.05, 4.69) is 31.9 Å². The van der Waals surface area contributed by atoms with Crippen LogP contribution in [-0.4, -0.2) is 5.11 Å². The Morgan fingerprint density at radius 3 is 2.29 bits per heavy atom. The van der Waals surface area contributed by atoms with Crippen molar-refractivity contribution in [2.24, 2.45) is 11.7 Å². The summed E-state index contributed by atoms with van der Waals surface area (Å²) >= 11 is 6.70. The second kappa shape index (κ2) is 4.64. The van der Waals surface area contributed by atoms with Crippen molar-refractivity contribution in [2.75, 3.05) is 0 Å². The van der Waals surface area contributed by atoms with Gasteiger partial charge in [-0.25, -0.2) is 0 Å². The van der Waals surface area contributed by atoms with E-state index < -0.39 is 0 Å². The fraction of sp³-hybridized carbons (Fsp3) is 0.400. The first-order valence-electron chi connectivity index (χ1n) is 4.37. The standard InChI is InChI=1S/C10H13Br2NO/c1-5(2)10(13)9-7(12)3-6(11)4-8(9)14/h3-5,10,14H,13H2,1-2H3. The summed E-state index contributed by atoms with van der Waals surface area (Å²) < 4.78 is 1.67. The summed E-state index contributed by atoms with van der Waals surface area (Å²) in [5, 5.41) is 9.75. The molecule has 0 saturated heterocycles. The average Bonchev–Trinajstić information content (AvgIpc) is 2.01. The van der Waals surface area contributed by atoms with E-state index in [0.717, 1.165) is 14.5 Å². The summed E-state index contributed by atoms with van der Waals surface area (Å²) in [6, 6.07) is 3.39. The van der Waals surface area contributed by atoms with Gasteiger partial charge in [0.25, 0.3) is 0 Å². The molecule has 1 unspecified atom stereocenters. The number of hydrogen-bond donors (Lipinski definition) is 2. The van der Waals surface area contributed by atoms with Gasteiger partial charge in [-0.05, 0) is 18.1 Å². The third-order valence-corrected chi connectivity index (χ3v) is 3.24. The van der Waals surface area contributed by atoms with Crippen molar-refractivity contribution in [3.63, 3.8) is 0 Å². The highest BCUT2D eigenvalue weighted by molar-refractivity contribution is 9.11. The monoisotopic (exact) mass is 321 g/mol. The predicted octanol–water partition coefficient (Wildman–Crippen LogP) is 3.57. The molecule has 0 saturated carbocycles. The van der Waals surface area contributed by atoms with Crippen molar-refractivity contribution in [1.29, 1.82) is 0 Å². The number of rotatable bonds is 2.